The monoisotopic (exact) mass is 283 g/mol. The Hall–Kier alpha value is -1.17. The minimum absolute atomic E-state index is 0.168. The molecule has 0 spiro atoms. The van der Waals surface area contributed by atoms with E-state index in [9.17, 15) is 5.11 Å². The van der Waals surface area contributed by atoms with Crippen LogP contribution in [0, 0.1) is 0 Å². The summed E-state index contributed by atoms with van der Waals surface area (Å²) in [5.74, 6) is 0.665. The van der Waals surface area contributed by atoms with Crippen molar-refractivity contribution in [2.45, 2.75) is 19.6 Å². The van der Waals surface area contributed by atoms with Gasteiger partial charge in [0.05, 0.1) is 18.2 Å². The van der Waals surface area contributed by atoms with Crippen LogP contribution >= 0.6 is 22.9 Å². The summed E-state index contributed by atoms with van der Waals surface area (Å²) in [6.07, 6.45) is 1.41. The third-order valence-electron chi connectivity index (χ3n) is 2.90. The van der Waals surface area contributed by atoms with Gasteiger partial charge < -0.3 is 10.0 Å². The molecule has 6 heteroatoms. The number of nitrogens with zero attached hydrogens (tertiary/aromatic N) is 3. The van der Waals surface area contributed by atoms with E-state index in [1.165, 1.54) is 11.2 Å². The van der Waals surface area contributed by atoms with Gasteiger partial charge in [0.1, 0.15) is 17.3 Å². The molecule has 0 radical (unpaired) electrons. The topological polar surface area (TPSA) is 49.2 Å². The van der Waals surface area contributed by atoms with Gasteiger partial charge in [0.2, 0.25) is 0 Å². The molecule has 1 unspecified atom stereocenters. The number of aromatic nitrogens is 2. The van der Waals surface area contributed by atoms with Gasteiger partial charge in [0, 0.05) is 11.9 Å². The zero-order valence-electron chi connectivity index (χ0n) is 10.2. The second kappa shape index (κ2) is 5.65. The lowest BCUT2D eigenvalue weighted by Gasteiger charge is -2.26. The molecular formula is C12H14ClN3OS. The third-order valence-corrected chi connectivity index (χ3v) is 4.27. The van der Waals surface area contributed by atoms with Gasteiger partial charge in [0.15, 0.2) is 0 Å². The van der Waals surface area contributed by atoms with Crippen LogP contribution in [0.4, 0.5) is 5.82 Å². The van der Waals surface area contributed by atoms with Crippen LogP contribution in [0.25, 0.3) is 0 Å². The quantitative estimate of drug-likeness (QED) is 0.877. The number of hydrogen-bond acceptors (Lipinski definition) is 5. The minimum Gasteiger partial charge on any atom is -0.391 e. The maximum atomic E-state index is 9.37. The summed E-state index contributed by atoms with van der Waals surface area (Å²) in [6, 6.07) is 4.26. The normalized spacial score (nSPS) is 12.4. The number of aliphatic hydroxyl groups excluding tert-OH is 1. The first-order valence-corrected chi connectivity index (χ1v) is 6.77. The van der Waals surface area contributed by atoms with Gasteiger partial charge in [-0.05, 0) is 18.4 Å². The molecular weight excluding hydrogens is 270 g/mol. The molecule has 96 valence electrons. The molecule has 0 saturated carbocycles. The SMILES string of the molecule is CC(c1cccs1)N(C)c1ncnc(Cl)c1CO. The van der Waals surface area contributed by atoms with Gasteiger partial charge in [0.25, 0.3) is 0 Å². The van der Waals surface area contributed by atoms with E-state index in [2.05, 4.69) is 23.0 Å². The molecule has 0 saturated heterocycles. The van der Waals surface area contributed by atoms with E-state index in [1.807, 2.05) is 23.4 Å². The summed E-state index contributed by atoms with van der Waals surface area (Å²) < 4.78 is 0. The molecule has 18 heavy (non-hydrogen) atoms. The molecule has 0 bridgehead atoms. The van der Waals surface area contributed by atoms with Gasteiger partial charge in [-0.2, -0.15) is 0 Å². The Labute approximate surface area is 115 Å². The molecule has 0 aliphatic rings. The average molecular weight is 284 g/mol. The van der Waals surface area contributed by atoms with Crippen molar-refractivity contribution in [2.24, 2.45) is 0 Å². The van der Waals surface area contributed by atoms with Crippen LogP contribution < -0.4 is 4.90 Å². The first kappa shape index (κ1) is 13.3. The second-order valence-corrected chi connectivity index (χ2v) is 5.26. The Balaban J connectivity index is 2.34. The first-order valence-electron chi connectivity index (χ1n) is 5.51. The number of hydrogen-bond donors (Lipinski definition) is 1. The van der Waals surface area contributed by atoms with Gasteiger partial charge in [-0.1, -0.05) is 17.7 Å². The minimum atomic E-state index is -0.170. The predicted molar refractivity (Wildman–Crippen MR) is 74.1 cm³/mol. The van der Waals surface area contributed by atoms with Crippen molar-refractivity contribution >= 4 is 28.8 Å². The van der Waals surface area contributed by atoms with E-state index in [0.717, 1.165) is 0 Å². The highest BCUT2D eigenvalue weighted by Gasteiger charge is 2.19. The fourth-order valence-electron chi connectivity index (χ4n) is 1.73. The third kappa shape index (κ3) is 2.48. The Kier molecular flexibility index (Phi) is 4.16. The van der Waals surface area contributed by atoms with E-state index in [1.54, 1.807) is 11.3 Å². The molecule has 0 aliphatic carbocycles. The Morgan fingerprint density at radius 3 is 2.89 bits per heavy atom. The smallest absolute Gasteiger partial charge is 0.140 e. The molecule has 2 aromatic rings. The van der Waals surface area contributed by atoms with E-state index in [0.29, 0.717) is 16.5 Å². The van der Waals surface area contributed by atoms with Crippen LogP contribution in [0.3, 0.4) is 0 Å². The fourth-order valence-corrected chi connectivity index (χ4v) is 2.74. The first-order chi connectivity index (χ1) is 8.65. The van der Waals surface area contributed by atoms with Crippen molar-refractivity contribution in [1.29, 1.82) is 0 Å². The van der Waals surface area contributed by atoms with Crippen LogP contribution in [0.2, 0.25) is 5.15 Å². The van der Waals surface area contributed by atoms with Gasteiger partial charge in [-0.25, -0.2) is 9.97 Å². The molecule has 0 aliphatic heterocycles. The Morgan fingerprint density at radius 2 is 2.28 bits per heavy atom. The van der Waals surface area contributed by atoms with Crippen molar-refractivity contribution in [2.75, 3.05) is 11.9 Å². The summed E-state index contributed by atoms with van der Waals surface area (Å²) >= 11 is 7.66. The van der Waals surface area contributed by atoms with Crippen LogP contribution in [0.5, 0.6) is 0 Å². The second-order valence-electron chi connectivity index (χ2n) is 3.93. The molecule has 4 nitrogen and oxygen atoms in total. The average Bonchev–Trinajstić information content (AvgIpc) is 2.90. The summed E-state index contributed by atoms with van der Waals surface area (Å²) in [5.41, 5.74) is 0.560. The molecule has 1 N–H and O–H groups in total. The van der Waals surface area contributed by atoms with Crippen molar-refractivity contribution in [3.63, 3.8) is 0 Å². The van der Waals surface area contributed by atoms with Crippen molar-refractivity contribution in [3.8, 4) is 0 Å². The van der Waals surface area contributed by atoms with Crippen molar-refractivity contribution < 1.29 is 5.11 Å². The summed E-state index contributed by atoms with van der Waals surface area (Å²) in [4.78, 5) is 11.3. The van der Waals surface area contributed by atoms with Gasteiger partial charge in [-0.3, -0.25) is 0 Å². The molecule has 2 aromatic heterocycles. The number of anilines is 1. The highest BCUT2D eigenvalue weighted by Crippen LogP contribution is 2.30. The zero-order valence-corrected chi connectivity index (χ0v) is 11.7. The van der Waals surface area contributed by atoms with Crippen LogP contribution in [0.15, 0.2) is 23.8 Å². The number of aliphatic hydroxyl groups is 1. The molecule has 0 amide bonds. The van der Waals surface area contributed by atoms with E-state index in [-0.39, 0.29) is 12.6 Å². The molecule has 2 heterocycles. The maximum Gasteiger partial charge on any atom is 0.140 e. The Morgan fingerprint density at radius 1 is 1.50 bits per heavy atom. The van der Waals surface area contributed by atoms with E-state index >= 15 is 0 Å². The lowest BCUT2D eigenvalue weighted by Crippen LogP contribution is -2.23. The summed E-state index contributed by atoms with van der Waals surface area (Å²) in [6.45, 7) is 1.92. The molecule has 0 fully saturated rings. The highest BCUT2D eigenvalue weighted by molar-refractivity contribution is 7.10. The standard InChI is InChI=1S/C12H14ClN3OS/c1-8(10-4-3-5-18-10)16(2)12-9(6-17)11(13)14-7-15-12/h3-5,7-8,17H,6H2,1-2H3. The lowest BCUT2D eigenvalue weighted by atomic mass is 10.2. The number of thiophene rings is 1. The number of rotatable bonds is 4. The van der Waals surface area contributed by atoms with Crippen molar-refractivity contribution in [3.05, 3.63) is 39.4 Å². The maximum absolute atomic E-state index is 9.37. The molecule has 0 aromatic carbocycles. The lowest BCUT2D eigenvalue weighted by molar-refractivity contribution is 0.281. The highest BCUT2D eigenvalue weighted by atomic mass is 35.5. The summed E-state index contributed by atoms with van der Waals surface area (Å²) in [7, 11) is 1.93. The van der Waals surface area contributed by atoms with E-state index < -0.39 is 0 Å². The zero-order chi connectivity index (χ0) is 13.1. The fraction of sp³-hybridized carbons (Fsp3) is 0.333. The van der Waals surface area contributed by atoms with Gasteiger partial charge in [-0.15, -0.1) is 11.3 Å². The molecule has 1 atom stereocenters. The number of halogens is 1. The molecule has 2 rings (SSSR count). The van der Waals surface area contributed by atoms with E-state index in [4.69, 9.17) is 11.6 Å². The largest absolute Gasteiger partial charge is 0.391 e. The van der Waals surface area contributed by atoms with Gasteiger partial charge >= 0.3 is 0 Å². The predicted octanol–water partition coefficient (Wildman–Crippen LogP) is 2.88. The van der Waals surface area contributed by atoms with Crippen molar-refractivity contribution in [1.82, 2.24) is 9.97 Å². The summed E-state index contributed by atoms with van der Waals surface area (Å²) in [5, 5.41) is 11.7. The van der Waals surface area contributed by atoms with Crippen LogP contribution in [-0.2, 0) is 6.61 Å². The van der Waals surface area contributed by atoms with Crippen LogP contribution in [0.1, 0.15) is 23.4 Å². The Bertz CT molecular complexity index is 518. The van der Waals surface area contributed by atoms with Crippen LogP contribution in [-0.4, -0.2) is 22.1 Å².